The zero-order chi connectivity index (χ0) is 31.4. The Labute approximate surface area is 255 Å². The highest BCUT2D eigenvalue weighted by atomic mass is 16.6. The maximum Gasteiger partial charge on any atom is 0.155 e. The highest BCUT2D eigenvalue weighted by Crippen LogP contribution is 2.74. The maximum atomic E-state index is 12.4. The van der Waals surface area contributed by atoms with E-state index < -0.39 is 53.2 Å². The molecule has 0 bridgehead atoms. The number of fused-ring (bicyclic) bond motifs is 3. The van der Waals surface area contributed by atoms with Crippen molar-refractivity contribution in [3.05, 3.63) is 0 Å². The van der Waals surface area contributed by atoms with E-state index in [1.54, 1.807) is 6.92 Å². The summed E-state index contributed by atoms with van der Waals surface area (Å²) in [6, 6.07) is 0. The van der Waals surface area contributed by atoms with E-state index in [0.29, 0.717) is 18.4 Å². The van der Waals surface area contributed by atoms with Gasteiger partial charge in [-0.05, 0) is 67.6 Å². The predicted molar refractivity (Wildman–Crippen MR) is 164 cm³/mol. The molecule has 42 heavy (non-hydrogen) atoms. The molecule has 246 valence electrons. The number of aliphatic hydroxyl groups is 5. The molecule has 0 radical (unpaired) electrons. The van der Waals surface area contributed by atoms with Crippen molar-refractivity contribution in [2.24, 2.45) is 63.6 Å². The molecule has 4 aliphatic carbocycles. The maximum absolute atomic E-state index is 12.4. The summed E-state index contributed by atoms with van der Waals surface area (Å²) in [5.41, 5.74) is -1.64. The van der Waals surface area contributed by atoms with E-state index in [4.69, 9.17) is 9.47 Å². The molecule has 0 aromatic rings. The van der Waals surface area contributed by atoms with Gasteiger partial charge in [0, 0.05) is 41.6 Å². The summed E-state index contributed by atoms with van der Waals surface area (Å²) in [6.07, 6.45) is 2.04. The van der Waals surface area contributed by atoms with Gasteiger partial charge in [0.1, 0.15) is 0 Å². The average Bonchev–Trinajstić information content (AvgIpc) is 2.91. The second-order valence-electron chi connectivity index (χ2n) is 16.0. The Bertz CT molecular complexity index is 899. The largest absolute Gasteiger partial charge is 0.393 e. The lowest BCUT2D eigenvalue weighted by Crippen LogP contribution is -2.77. The molecule has 7 heteroatoms. The average molecular weight is 597 g/mol. The third-order valence-corrected chi connectivity index (χ3v) is 14.0. The van der Waals surface area contributed by atoms with Crippen molar-refractivity contribution in [1.29, 1.82) is 0 Å². The fourth-order valence-electron chi connectivity index (χ4n) is 11.6. The number of hydrogen-bond donors (Lipinski definition) is 5. The first kappa shape index (κ1) is 34.6. The van der Waals surface area contributed by atoms with Gasteiger partial charge in [-0.2, -0.15) is 0 Å². The first-order chi connectivity index (χ1) is 19.6. The number of rotatable bonds is 10. The van der Waals surface area contributed by atoms with Gasteiger partial charge in [0.2, 0.25) is 0 Å². The van der Waals surface area contributed by atoms with E-state index in [1.807, 2.05) is 0 Å². The Hall–Kier alpha value is -0.280. The summed E-state index contributed by atoms with van der Waals surface area (Å²) >= 11 is 0. The summed E-state index contributed by atoms with van der Waals surface area (Å²) in [7, 11) is 0. The van der Waals surface area contributed by atoms with Crippen LogP contribution >= 0.6 is 0 Å². The van der Waals surface area contributed by atoms with Gasteiger partial charge in [-0.15, -0.1) is 0 Å². The molecule has 0 aromatic carbocycles. The molecule has 0 spiro atoms. The molecular formula is C35H64O7. The lowest BCUT2D eigenvalue weighted by Gasteiger charge is -2.75. The predicted octanol–water partition coefficient (Wildman–Crippen LogP) is 5.35. The molecular weight excluding hydrogens is 532 g/mol. The van der Waals surface area contributed by atoms with E-state index in [-0.39, 0.29) is 48.3 Å². The van der Waals surface area contributed by atoms with Gasteiger partial charge in [-0.1, -0.05) is 74.7 Å². The quantitative estimate of drug-likeness (QED) is 0.170. The van der Waals surface area contributed by atoms with E-state index in [2.05, 4.69) is 55.4 Å². The zero-order valence-corrected chi connectivity index (χ0v) is 28.0. The van der Waals surface area contributed by atoms with Gasteiger partial charge in [0.25, 0.3) is 0 Å². The van der Waals surface area contributed by atoms with Crippen molar-refractivity contribution >= 4 is 0 Å². The van der Waals surface area contributed by atoms with E-state index in [1.165, 1.54) is 6.42 Å². The first-order valence-corrected chi connectivity index (χ1v) is 17.3. The zero-order valence-electron chi connectivity index (χ0n) is 28.0. The summed E-state index contributed by atoms with van der Waals surface area (Å²) in [4.78, 5) is 0. The fraction of sp³-hybridized carbons (Fsp3) is 1.00. The number of unbranched alkanes of at least 4 members (excludes halogenated alkanes) is 1. The molecule has 4 saturated carbocycles. The Morgan fingerprint density at radius 3 is 2.14 bits per heavy atom. The molecule has 0 aliphatic heterocycles. The van der Waals surface area contributed by atoms with Crippen molar-refractivity contribution < 1.29 is 35.0 Å². The molecule has 0 aromatic heterocycles. The monoisotopic (exact) mass is 596 g/mol. The first-order valence-electron chi connectivity index (χ1n) is 17.3. The van der Waals surface area contributed by atoms with Gasteiger partial charge in [-0.3, -0.25) is 0 Å². The molecule has 17 atom stereocenters. The van der Waals surface area contributed by atoms with Crippen LogP contribution in [0.15, 0.2) is 0 Å². The van der Waals surface area contributed by atoms with Crippen LogP contribution in [-0.2, 0) is 9.47 Å². The van der Waals surface area contributed by atoms with Crippen molar-refractivity contribution in [3.63, 3.8) is 0 Å². The summed E-state index contributed by atoms with van der Waals surface area (Å²) in [5.74, 6) is 0.863. The molecule has 4 rings (SSSR count). The molecule has 0 amide bonds. The van der Waals surface area contributed by atoms with Crippen LogP contribution in [0.1, 0.15) is 114 Å². The summed E-state index contributed by atoms with van der Waals surface area (Å²) in [6.45, 7) is 20.0. The van der Waals surface area contributed by atoms with Gasteiger partial charge in [0.15, 0.2) is 12.6 Å². The Kier molecular flexibility index (Phi) is 10.6. The van der Waals surface area contributed by atoms with Crippen LogP contribution in [-0.4, -0.2) is 69.1 Å². The van der Waals surface area contributed by atoms with Gasteiger partial charge < -0.3 is 35.0 Å². The van der Waals surface area contributed by atoms with Crippen molar-refractivity contribution in [3.8, 4) is 0 Å². The van der Waals surface area contributed by atoms with E-state index in [0.717, 1.165) is 32.1 Å². The minimum atomic E-state index is -1.11. The van der Waals surface area contributed by atoms with Crippen molar-refractivity contribution in [2.45, 2.75) is 151 Å². The van der Waals surface area contributed by atoms with Crippen LogP contribution in [0.4, 0.5) is 0 Å². The molecule has 4 aliphatic rings. The number of aliphatic hydroxyl groups excluding tert-OH is 5. The standard InChI is InChI=1S/C35H64O7/c1-10-11-17-41-25(37)15-16-26(38)42-32-33(7)18-20(3)27(23(6)36)31(40)35(33,9)22(5)29-30(39)28-19(2)13-12-14-24(28)21(4)34(29,32)8/h19-32,36-40H,10-18H2,1-9H3. The third kappa shape index (κ3) is 5.33. The van der Waals surface area contributed by atoms with Crippen LogP contribution < -0.4 is 0 Å². The topological polar surface area (TPSA) is 120 Å². The third-order valence-electron chi connectivity index (χ3n) is 14.0. The van der Waals surface area contributed by atoms with Crippen LogP contribution in [0.25, 0.3) is 0 Å². The Morgan fingerprint density at radius 1 is 0.881 bits per heavy atom. The van der Waals surface area contributed by atoms with Crippen LogP contribution in [0.5, 0.6) is 0 Å². The summed E-state index contributed by atoms with van der Waals surface area (Å²) in [5, 5.41) is 57.3. The Balaban J connectivity index is 1.76. The van der Waals surface area contributed by atoms with E-state index >= 15 is 0 Å². The lowest BCUT2D eigenvalue weighted by molar-refractivity contribution is -0.357. The normalized spacial score (nSPS) is 51.1. The highest BCUT2D eigenvalue weighted by Gasteiger charge is 2.75. The van der Waals surface area contributed by atoms with Crippen LogP contribution in [0, 0.1) is 63.6 Å². The molecule has 4 fully saturated rings. The molecule has 7 nitrogen and oxygen atoms in total. The molecule has 17 unspecified atom stereocenters. The molecule has 0 saturated heterocycles. The van der Waals surface area contributed by atoms with Crippen LogP contribution in [0.2, 0.25) is 0 Å². The fourth-order valence-corrected chi connectivity index (χ4v) is 11.6. The highest BCUT2D eigenvalue weighted by molar-refractivity contribution is 5.23. The minimum absolute atomic E-state index is 0.0328. The van der Waals surface area contributed by atoms with Crippen molar-refractivity contribution in [1.82, 2.24) is 0 Å². The lowest BCUT2D eigenvalue weighted by atomic mass is 9.31. The number of ether oxygens (including phenoxy) is 2. The van der Waals surface area contributed by atoms with E-state index in [9.17, 15) is 25.5 Å². The smallest absolute Gasteiger partial charge is 0.155 e. The van der Waals surface area contributed by atoms with Gasteiger partial charge in [-0.25, -0.2) is 0 Å². The molecule has 5 N–H and O–H groups in total. The minimum Gasteiger partial charge on any atom is -0.393 e. The van der Waals surface area contributed by atoms with Crippen LogP contribution in [0.3, 0.4) is 0 Å². The SMILES string of the molecule is CCCCOC(O)CCC(O)OC1C2(C)C(C)C3CCCC(C)C3C(O)C2C(C)C2(C)C(O)C(C(C)O)C(C)CC12C. The second-order valence-corrected chi connectivity index (χ2v) is 16.0. The summed E-state index contributed by atoms with van der Waals surface area (Å²) < 4.78 is 12.4. The van der Waals surface area contributed by atoms with Crippen molar-refractivity contribution in [2.75, 3.05) is 6.61 Å². The number of hydrogen-bond acceptors (Lipinski definition) is 7. The molecule has 0 heterocycles. The second kappa shape index (κ2) is 12.8. The van der Waals surface area contributed by atoms with Gasteiger partial charge >= 0.3 is 0 Å². The van der Waals surface area contributed by atoms with Gasteiger partial charge in [0.05, 0.1) is 24.4 Å². The Morgan fingerprint density at radius 2 is 1.52 bits per heavy atom.